The molecule has 1 aromatic heterocycles. The van der Waals surface area contributed by atoms with Crippen molar-refractivity contribution in [2.24, 2.45) is 0 Å². The summed E-state index contributed by atoms with van der Waals surface area (Å²) in [7, 11) is 0. The Hall–Kier alpha value is -1.81. The van der Waals surface area contributed by atoms with Crippen LogP contribution >= 0.6 is 0 Å². The van der Waals surface area contributed by atoms with Gasteiger partial charge >= 0.3 is 0 Å². The van der Waals surface area contributed by atoms with E-state index in [1.165, 1.54) is 5.69 Å². The maximum atomic E-state index is 6.12. The molecule has 112 valence electrons. The average Bonchev–Trinajstić information content (AvgIpc) is 2.46. The van der Waals surface area contributed by atoms with E-state index in [-0.39, 0.29) is 5.41 Å². The molecular weight excluding hydrogens is 262 g/mol. The lowest BCUT2D eigenvalue weighted by Gasteiger charge is -2.29. The summed E-state index contributed by atoms with van der Waals surface area (Å²) in [6.45, 7) is 9.98. The molecule has 0 aliphatic carbocycles. The summed E-state index contributed by atoms with van der Waals surface area (Å²) in [4.78, 5) is 6.92. The molecule has 21 heavy (non-hydrogen) atoms. The molecular formula is C17H23N3O. The minimum absolute atomic E-state index is 0.000240. The van der Waals surface area contributed by atoms with Gasteiger partial charge in [0.2, 0.25) is 0 Å². The van der Waals surface area contributed by atoms with Crippen LogP contribution in [0, 0.1) is 0 Å². The number of nitrogens with zero attached hydrogens (tertiary/aromatic N) is 2. The van der Waals surface area contributed by atoms with Crippen molar-refractivity contribution in [2.45, 2.75) is 26.2 Å². The van der Waals surface area contributed by atoms with Crippen LogP contribution in [0.1, 0.15) is 26.3 Å². The Morgan fingerprint density at radius 1 is 1.14 bits per heavy atom. The van der Waals surface area contributed by atoms with E-state index in [1.54, 1.807) is 0 Å². The first-order valence-corrected chi connectivity index (χ1v) is 7.48. The van der Waals surface area contributed by atoms with Gasteiger partial charge in [-0.2, -0.15) is 0 Å². The first-order valence-electron chi connectivity index (χ1n) is 7.48. The number of morpholine rings is 1. The van der Waals surface area contributed by atoms with Crippen molar-refractivity contribution in [2.75, 3.05) is 36.9 Å². The van der Waals surface area contributed by atoms with Crippen LogP contribution in [0.4, 0.5) is 11.5 Å². The second-order valence-corrected chi connectivity index (χ2v) is 6.65. The average molecular weight is 285 g/mol. The molecule has 2 heterocycles. The topological polar surface area (TPSA) is 51.4 Å². The monoisotopic (exact) mass is 285 g/mol. The molecule has 2 N–H and O–H groups in total. The van der Waals surface area contributed by atoms with E-state index < -0.39 is 0 Å². The first kappa shape index (κ1) is 14.1. The number of nitrogen functional groups attached to an aromatic ring is 1. The molecule has 0 radical (unpaired) electrons. The molecule has 0 bridgehead atoms. The van der Waals surface area contributed by atoms with Crippen molar-refractivity contribution in [3.8, 4) is 0 Å². The van der Waals surface area contributed by atoms with Gasteiger partial charge in [0, 0.05) is 29.7 Å². The molecule has 0 atom stereocenters. The summed E-state index contributed by atoms with van der Waals surface area (Å²) in [6.07, 6.45) is 0. The third kappa shape index (κ3) is 2.81. The van der Waals surface area contributed by atoms with Crippen molar-refractivity contribution in [3.05, 3.63) is 29.8 Å². The Kier molecular flexibility index (Phi) is 3.49. The Labute approximate surface area is 125 Å². The van der Waals surface area contributed by atoms with E-state index in [2.05, 4.69) is 54.9 Å². The molecule has 0 amide bonds. The number of fused-ring (bicyclic) bond motifs is 1. The fraction of sp³-hybridized carbons (Fsp3) is 0.471. The highest BCUT2D eigenvalue weighted by atomic mass is 16.5. The van der Waals surface area contributed by atoms with Gasteiger partial charge in [-0.05, 0) is 29.7 Å². The van der Waals surface area contributed by atoms with E-state index in [9.17, 15) is 0 Å². The summed E-state index contributed by atoms with van der Waals surface area (Å²) in [5, 5.41) is 1.15. The largest absolute Gasteiger partial charge is 0.383 e. The fourth-order valence-electron chi connectivity index (χ4n) is 2.80. The number of pyridine rings is 1. The molecule has 1 saturated heterocycles. The van der Waals surface area contributed by atoms with Crippen LogP contribution in [0.15, 0.2) is 24.3 Å². The van der Waals surface area contributed by atoms with Gasteiger partial charge in [-0.25, -0.2) is 4.98 Å². The number of rotatable bonds is 1. The van der Waals surface area contributed by atoms with Crippen molar-refractivity contribution >= 4 is 22.4 Å². The lowest BCUT2D eigenvalue weighted by molar-refractivity contribution is 0.122. The minimum atomic E-state index is 0.000240. The number of hydrogen-bond donors (Lipinski definition) is 1. The number of nitrogens with two attached hydrogens (primary N) is 1. The number of benzene rings is 1. The molecule has 3 rings (SSSR count). The van der Waals surface area contributed by atoms with Crippen molar-refractivity contribution < 1.29 is 4.74 Å². The van der Waals surface area contributed by atoms with E-state index in [0.717, 1.165) is 42.8 Å². The molecule has 1 aliphatic heterocycles. The van der Waals surface area contributed by atoms with E-state index in [4.69, 9.17) is 10.5 Å². The third-order valence-electron chi connectivity index (χ3n) is 4.01. The normalized spacial score (nSPS) is 16.4. The van der Waals surface area contributed by atoms with Gasteiger partial charge in [-0.3, -0.25) is 0 Å². The number of aromatic nitrogens is 1. The van der Waals surface area contributed by atoms with E-state index in [1.807, 2.05) is 0 Å². The van der Waals surface area contributed by atoms with Crippen LogP contribution in [-0.2, 0) is 10.2 Å². The van der Waals surface area contributed by atoms with Gasteiger partial charge in [0.05, 0.1) is 18.7 Å². The highest BCUT2D eigenvalue weighted by Gasteiger charge is 2.19. The summed E-state index contributed by atoms with van der Waals surface area (Å²) >= 11 is 0. The van der Waals surface area contributed by atoms with Crippen molar-refractivity contribution in [1.82, 2.24) is 4.98 Å². The predicted molar refractivity (Wildman–Crippen MR) is 87.9 cm³/mol. The molecule has 0 unspecified atom stereocenters. The maximum Gasteiger partial charge on any atom is 0.127 e. The van der Waals surface area contributed by atoms with Crippen LogP contribution in [0.5, 0.6) is 0 Å². The predicted octanol–water partition coefficient (Wildman–Crippen LogP) is 2.95. The van der Waals surface area contributed by atoms with Crippen molar-refractivity contribution in [1.29, 1.82) is 0 Å². The van der Waals surface area contributed by atoms with Gasteiger partial charge in [0.15, 0.2) is 0 Å². The maximum absolute atomic E-state index is 6.12. The Bertz CT molecular complexity index is 655. The third-order valence-corrected chi connectivity index (χ3v) is 4.01. The van der Waals surface area contributed by atoms with Crippen LogP contribution < -0.4 is 10.6 Å². The number of ether oxygens (including phenoxy) is 1. The molecule has 4 nitrogen and oxygen atoms in total. The van der Waals surface area contributed by atoms with Gasteiger partial charge < -0.3 is 15.4 Å². The second kappa shape index (κ2) is 5.19. The zero-order valence-electron chi connectivity index (χ0n) is 13.0. The smallest absolute Gasteiger partial charge is 0.127 e. The molecule has 1 fully saturated rings. The van der Waals surface area contributed by atoms with Crippen molar-refractivity contribution in [3.63, 3.8) is 0 Å². The van der Waals surface area contributed by atoms with Crippen LogP contribution in [0.25, 0.3) is 10.9 Å². The number of anilines is 2. The zero-order chi connectivity index (χ0) is 15.0. The second-order valence-electron chi connectivity index (χ2n) is 6.65. The molecule has 2 aromatic rings. The van der Waals surface area contributed by atoms with Gasteiger partial charge in [0.25, 0.3) is 0 Å². The summed E-state index contributed by atoms with van der Waals surface area (Å²) < 4.78 is 5.42. The number of hydrogen-bond acceptors (Lipinski definition) is 4. The van der Waals surface area contributed by atoms with Gasteiger partial charge in [-0.15, -0.1) is 0 Å². The molecule has 0 spiro atoms. The molecule has 4 heteroatoms. The minimum Gasteiger partial charge on any atom is -0.383 e. The van der Waals surface area contributed by atoms with Crippen LogP contribution in [-0.4, -0.2) is 31.3 Å². The summed E-state index contributed by atoms with van der Waals surface area (Å²) in [5.74, 6) is 0.633. The van der Waals surface area contributed by atoms with Crippen LogP contribution in [0.3, 0.4) is 0 Å². The molecule has 1 aliphatic rings. The quantitative estimate of drug-likeness (QED) is 0.875. The first-order chi connectivity index (χ1) is 9.95. The molecule has 1 aromatic carbocycles. The Balaban J connectivity index is 2.05. The highest BCUT2D eigenvalue weighted by molar-refractivity contribution is 5.85. The zero-order valence-corrected chi connectivity index (χ0v) is 13.0. The van der Waals surface area contributed by atoms with Crippen LogP contribution in [0.2, 0.25) is 0 Å². The lowest BCUT2D eigenvalue weighted by atomic mass is 9.86. The SMILES string of the molecule is CC(C)(C)c1cc2cc(N3CCOCC3)ccc2nc1N. The fourth-order valence-corrected chi connectivity index (χ4v) is 2.80. The Morgan fingerprint density at radius 3 is 2.52 bits per heavy atom. The van der Waals surface area contributed by atoms with Gasteiger partial charge in [-0.1, -0.05) is 20.8 Å². The summed E-state index contributed by atoms with van der Waals surface area (Å²) in [5.41, 5.74) is 9.41. The van der Waals surface area contributed by atoms with E-state index in [0.29, 0.717) is 5.82 Å². The van der Waals surface area contributed by atoms with E-state index >= 15 is 0 Å². The standard InChI is InChI=1S/C17H23N3O/c1-17(2,3)14-11-12-10-13(20-6-8-21-9-7-20)4-5-15(12)19-16(14)18/h4-5,10-11H,6-9H2,1-3H3,(H2,18,19). The molecule has 0 saturated carbocycles. The highest BCUT2D eigenvalue weighted by Crippen LogP contribution is 2.31. The summed E-state index contributed by atoms with van der Waals surface area (Å²) in [6, 6.07) is 8.57. The lowest BCUT2D eigenvalue weighted by Crippen LogP contribution is -2.36. The Morgan fingerprint density at radius 2 is 1.86 bits per heavy atom. The van der Waals surface area contributed by atoms with Gasteiger partial charge in [0.1, 0.15) is 5.82 Å².